The summed E-state index contributed by atoms with van der Waals surface area (Å²) in [5.41, 5.74) is 3.36. The van der Waals surface area contributed by atoms with Crippen LogP contribution in [0.4, 0.5) is 0 Å². The van der Waals surface area contributed by atoms with E-state index in [1.54, 1.807) is 0 Å². The molecular formula is C22H23N7. The fourth-order valence-corrected chi connectivity index (χ4v) is 4.34. The fraction of sp³-hybridized carbons (Fsp3) is 0.409. The van der Waals surface area contributed by atoms with E-state index in [1.165, 1.54) is 18.4 Å². The van der Waals surface area contributed by atoms with Crippen LogP contribution in [-0.4, -0.2) is 34.3 Å². The monoisotopic (exact) mass is 385 g/mol. The Morgan fingerprint density at radius 1 is 0.966 bits per heavy atom. The lowest BCUT2D eigenvalue weighted by molar-refractivity contribution is 0.755. The lowest BCUT2D eigenvalue weighted by Crippen LogP contribution is -2.08. The largest absolute Gasteiger partial charge is 0.331 e. The first kappa shape index (κ1) is 16.8. The molecule has 2 aliphatic carbocycles. The van der Waals surface area contributed by atoms with Crippen molar-refractivity contribution in [1.82, 2.24) is 34.3 Å². The quantitative estimate of drug-likeness (QED) is 0.535. The highest BCUT2D eigenvalue weighted by atomic mass is 15.4. The van der Waals surface area contributed by atoms with Crippen LogP contribution in [0.1, 0.15) is 66.0 Å². The number of aromatic nitrogens is 7. The van der Waals surface area contributed by atoms with E-state index in [0.29, 0.717) is 17.8 Å². The number of fused-ring (bicyclic) bond motifs is 1. The van der Waals surface area contributed by atoms with Crippen LogP contribution in [-0.2, 0) is 7.05 Å². The van der Waals surface area contributed by atoms with Crippen molar-refractivity contribution in [2.24, 2.45) is 7.05 Å². The molecule has 1 aromatic carbocycles. The summed E-state index contributed by atoms with van der Waals surface area (Å²) in [5, 5.41) is 4.54. The fourth-order valence-electron chi connectivity index (χ4n) is 4.34. The molecule has 7 heteroatoms. The summed E-state index contributed by atoms with van der Waals surface area (Å²) >= 11 is 0. The van der Waals surface area contributed by atoms with E-state index >= 15 is 0 Å². The second-order valence-electron chi connectivity index (χ2n) is 8.37. The first-order valence-electron chi connectivity index (χ1n) is 10.3. The van der Waals surface area contributed by atoms with E-state index in [4.69, 9.17) is 15.0 Å². The third-order valence-corrected chi connectivity index (χ3v) is 6.11. The smallest absolute Gasteiger partial charge is 0.159 e. The van der Waals surface area contributed by atoms with E-state index in [0.717, 1.165) is 46.7 Å². The third kappa shape index (κ3) is 2.75. The molecular weight excluding hydrogens is 362 g/mol. The molecule has 2 saturated carbocycles. The minimum Gasteiger partial charge on any atom is -0.331 e. The molecule has 0 saturated heterocycles. The van der Waals surface area contributed by atoms with Crippen molar-refractivity contribution >= 4 is 11.0 Å². The maximum atomic E-state index is 4.97. The van der Waals surface area contributed by atoms with Crippen LogP contribution in [0, 0.1) is 13.8 Å². The van der Waals surface area contributed by atoms with Gasteiger partial charge < -0.3 is 4.57 Å². The standard InChI is InChI=1S/C22H23N7/c1-12-23-13(2)29(27-12)20-11-18(24-21(26-20)14-8-9-14)15-10-16(15)22-25-17-6-4-5-7-19(17)28(22)3/h4-7,11,14-16H,8-10H2,1-3H3/t15-,16-/m0/s1. The minimum atomic E-state index is 0.384. The maximum absolute atomic E-state index is 4.97. The molecule has 29 heavy (non-hydrogen) atoms. The Bertz CT molecular complexity index is 1250. The molecule has 0 bridgehead atoms. The van der Waals surface area contributed by atoms with Gasteiger partial charge in [-0.3, -0.25) is 0 Å². The van der Waals surface area contributed by atoms with E-state index in [9.17, 15) is 0 Å². The van der Waals surface area contributed by atoms with Gasteiger partial charge in [0.1, 0.15) is 23.3 Å². The Labute approximate surface area is 168 Å². The summed E-state index contributed by atoms with van der Waals surface area (Å²) in [7, 11) is 2.11. The number of nitrogens with zero attached hydrogens (tertiary/aromatic N) is 7. The van der Waals surface area contributed by atoms with Gasteiger partial charge >= 0.3 is 0 Å². The van der Waals surface area contributed by atoms with Crippen molar-refractivity contribution < 1.29 is 0 Å². The van der Waals surface area contributed by atoms with Gasteiger partial charge in [0.25, 0.3) is 0 Å². The van der Waals surface area contributed by atoms with Gasteiger partial charge in [-0.05, 0) is 45.2 Å². The molecule has 0 aliphatic heterocycles. The summed E-state index contributed by atoms with van der Waals surface area (Å²) < 4.78 is 4.08. The van der Waals surface area contributed by atoms with Gasteiger partial charge in [-0.15, -0.1) is 5.10 Å². The van der Waals surface area contributed by atoms with Crippen LogP contribution in [0.2, 0.25) is 0 Å². The van der Waals surface area contributed by atoms with E-state index < -0.39 is 0 Å². The number of imidazole rings is 1. The number of para-hydroxylation sites is 2. The van der Waals surface area contributed by atoms with Gasteiger partial charge in [0.15, 0.2) is 5.82 Å². The second kappa shape index (κ2) is 5.95. The predicted octanol–water partition coefficient (Wildman–Crippen LogP) is 3.71. The zero-order valence-corrected chi connectivity index (χ0v) is 16.9. The number of benzene rings is 1. The van der Waals surface area contributed by atoms with E-state index in [2.05, 4.69) is 46.0 Å². The van der Waals surface area contributed by atoms with Crippen molar-refractivity contribution in [3.8, 4) is 5.82 Å². The lowest BCUT2D eigenvalue weighted by Gasteiger charge is -2.09. The molecule has 0 amide bonds. The molecule has 146 valence electrons. The summed E-state index contributed by atoms with van der Waals surface area (Å²) in [4.78, 5) is 19.2. The maximum Gasteiger partial charge on any atom is 0.159 e. The average molecular weight is 385 g/mol. The third-order valence-electron chi connectivity index (χ3n) is 6.11. The molecule has 3 heterocycles. The first-order valence-corrected chi connectivity index (χ1v) is 10.3. The van der Waals surface area contributed by atoms with Crippen molar-refractivity contribution in [2.75, 3.05) is 0 Å². The molecule has 7 nitrogen and oxygen atoms in total. The topological polar surface area (TPSA) is 74.3 Å². The highest BCUT2D eigenvalue weighted by Gasteiger charge is 2.44. The number of hydrogen-bond donors (Lipinski definition) is 0. The Morgan fingerprint density at radius 2 is 1.79 bits per heavy atom. The minimum absolute atomic E-state index is 0.384. The van der Waals surface area contributed by atoms with Gasteiger partial charge in [-0.1, -0.05) is 12.1 Å². The van der Waals surface area contributed by atoms with Crippen molar-refractivity contribution in [3.63, 3.8) is 0 Å². The first-order chi connectivity index (χ1) is 14.1. The molecule has 2 fully saturated rings. The summed E-state index contributed by atoms with van der Waals surface area (Å²) in [6.07, 6.45) is 3.43. The predicted molar refractivity (Wildman–Crippen MR) is 109 cm³/mol. The molecule has 3 aromatic heterocycles. The van der Waals surface area contributed by atoms with Gasteiger partial charge in [-0.2, -0.15) is 4.68 Å². The molecule has 2 atom stereocenters. The van der Waals surface area contributed by atoms with Gasteiger partial charge in [0.05, 0.1) is 16.7 Å². The second-order valence-corrected chi connectivity index (χ2v) is 8.37. The number of aryl methyl sites for hydroxylation is 3. The summed E-state index contributed by atoms with van der Waals surface area (Å²) in [5.74, 6) is 5.85. The molecule has 4 aromatic rings. The molecule has 0 spiro atoms. The highest BCUT2D eigenvalue weighted by molar-refractivity contribution is 5.76. The van der Waals surface area contributed by atoms with Gasteiger partial charge in [0.2, 0.25) is 0 Å². The van der Waals surface area contributed by atoms with E-state index in [-0.39, 0.29) is 0 Å². The Morgan fingerprint density at radius 3 is 2.52 bits per heavy atom. The zero-order chi connectivity index (χ0) is 19.7. The molecule has 6 rings (SSSR count). The van der Waals surface area contributed by atoms with Crippen molar-refractivity contribution in [3.05, 3.63) is 59.3 Å². The molecule has 0 unspecified atom stereocenters. The highest BCUT2D eigenvalue weighted by Crippen LogP contribution is 2.54. The summed E-state index contributed by atoms with van der Waals surface area (Å²) in [6, 6.07) is 10.4. The van der Waals surface area contributed by atoms with E-state index in [1.807, 2.05) is 24.6 Å². The van der Waals surface area contributed by atoms with Crippen LogP contribution in [0.5, 0.6) is 0 Å². The van der Waals surface area contributed by atoms with Gasteiger partial charge in [0, 0.05) is 30.9 Å². The Hall–Kier alpha value is -3.09. The SMILES string of the molecule is Cc1nc(C)n(-c2cc([C@H]3C[C@@H]3c3nc4ccccc4n3C)nc(C3CC3)n2)n1. The zero-order valence-electron chi connectivity index (χ0n) is 16.9. The lowest BCUT2D eigenvalue weighted by atomic mass is 10.2. The Kier molecular flexibility index (Phi) is 3.45. The van der Waals surface area contributed by atoms with Crippen LogP contribution in [0.15, 0.2) is 30.3 Å². The van der Waals surface area contributed by atoms with Crippen LogP contribution < -0.4 is 0 Å². The van der Waals surface area contributed by atoms with Crippen LogP contribution >= 0.6 is 0 Å². The number of hydrogen-bond acceptors (Lipinski definition) is 5. The average Bonchev–Trinajstić information content (AvgIpc) is 3.63. The molecule has 2 aliphatic rings. The Balaban J connectivity index is 1.39. The van der Waals surface area contributed by atoms with Crippen LogP contribution in [0.3, 0.4) is 0 Å². The normalized spacial score (nSPS) is 21.1. The molecule has 0 radical (unpaired) electrons. The van der Waals surface area contributed by atoms with Crippen LogP contribution in [0.25, 0.3) is 16.9 Å². The number of rotatable bonds is 4. The van der Waals surface area contributed by atoms with Crippen molar-refractivity contribution in [1.29, 1.82) is 0 Å². The summed E-state index contributed by atoms with van der Waals surface area (Å²) in [6.45, 7) is 3.88. The van der Waals surface area contributed by atoms with Gasteiger partial charge in [-0.25, -0.2) is 19.9 Å². The van der Waals surface area contributed by atoms with Crippen molar-refractivity contribution in [2.45, 2.75) is 50.9 Å². The molecule has 0 N–H and O–H groups in total.